The highest BCUT2D eigenvalue weighted by molar-refractivity contribution is 7.15. The molecule has 1 aromatic heterocycles. The molecule has 0 spiro atoms. The molecule has 188 valence electrons. The van der Waals surface area contributed by atoms with E-state index < -0.39 is 0 Å². The Balaban J connectivity index is 1.60. The van der Waals surface area contributed by atoms with Gasteiger partial charge in [0, 0.05) is 60.8 Å². The normalized spacial score (nSPS) is 27.5. The third-order valence-electron chi connectivity index (χ3n) is 7.62. The van der Waals surface area contributed by atoms with E-state index in [2.05, 4.69) is 95.3 Å². The molecular formula is C26H43N7S. The van der Waals surface area contributed by atoms with Crippen LogP contribution in [0.5, 0.6) is 0 Å². The Morgan fingerprint density at radius 1 is 1.35 bits per heavy atom. The van der Waals surface area contributed by atoms with Crippen LogP contribution < -0.4 is 21.4 Å². The maximum absolute atomic E-state index is 4.65. The maximum Gasteiger partial charge on any atom is 0.183 e. The zero-order valence-electron chi connectivity index (χ0n) is 21.7. The van der Waals surface area contributed by atoms with Crippen molar-refractivity contribution >= 4 is 16.5 Å². The lowest BCUT2D eigenvalue weighted by Crippen LogP contribution is -2.63. The minimum absolute atomic E-state index is 0.103. The average molecular weight is 486 g/mol. The molecule has 0 radical (unpaired) electrons. The monoisotopic (exact) mass is 485 g/mol. The number of hydrazine groups is 1. The summed E-state index contributed by atoms with van der Waals surface area (Å²) in [5.74, 6) is 0. The lowest BCUT2D eigenvalue weighted by atomic mass is 9.69. The molecule has 2 aliphatic rings. The maximum atomic E-state index is 4.65. The largest absolute Gasteiger partial charge is 0.358 e. The van der Waals surface area contributed by atoms with Gasteiger partial charge >= 0.3 is 0 Å². The molecule has 0 aliphatic carbocycles. The van der Waals surface area contributed by atoms with Crippen LogP contribution in [0.15, 0.2) is 30.5 Å². The summed E-state index contributed by atoms with van der Waals surface area (Å²) in [6, 6.07) is 10.2. The van der Waals surface area contributed by atoms with Crippen LogP contribution in [-0.2, 0) is 6.54 Å². The summed E-state index contributed by atoms with van der Waals surface area (Å²) in [6.45, 7) is 13.0. The van der Waals surface area contributed by atoms with Crippen LogP contribution in [0, 0.1) is 12.3 Å². The number of piperidine rings is 1. The lowest BCUT2D eigenvalue weighted by Gasteiger charge is -2.50. The topological polar surface area (TPSA) is 67.5 Å². The number of hydrogen-bond donors (Lipinski definition) is 4. The number of aryl methyl sites for hydroxylation is 1. The third kappa shape index (κ3) is 5.32. The first kappa shape index (κ1) is 25.5. The average Bonchev–Trinajstić information content (AvgIpc) is 3.41. The van der Waals surface area contributed by atoms with Crippen molar-refractivity contribution in [3.63, 3.8) is 0 Å². The zero-order valence-corrected chi connectivity index (χ0v) is 22.5. The number of rotatable bonds is 10. The number of anilines is 1. The van der Waals surface area contributed by atoms with Crippen molar-refractivity contribution in [2.24, 2.45) is 5.41 Å². The van der Waals surface area contributed by atoms with E-state index in [9.17, 15) is 0 Å². The molecule has 4 atom stereocenters. The van der Waals surface area contributed by atoms with Crippen molar-refractivity contribution in [3.05, 3.63) is 46.5 Å². The van der Waals surface area contributed by atoms with Crippen LogP contribution in [0.2, 0.25) is 0 Å². The van der Waals surface area contributed by atoms with Crippen molar-refractivity contribution in [2.45, 2.75) is 71.4 Å². The molecule has 7 nitrogen and oxygen atoms in total. The van der Waals surface area contributed by atoms with Crippen molar-refractivity contribution in [1.29, 1.82) is 0 Å². The number of thiazole rings is 1. The van der Waals surface area contributed by atoms with Gasteiger partial charge < -0.3 is 15.5 Å². The highest BCUT2D eigenvalue weighted by atomic mass is 32.1. The molecule has 0 bridgehead atoms. The highest BCUT2D eigenvalue weighted by Gasteiger charge is 2.56. The smallest absolute Gasteiger partial charge is 0.183 e. The Morgan fingerprint density at radius 3 is 2.85 bits per heavy atom. The van der Waals surface area contributed by atoms with Gasteiger partial charge in [0.25, 0.3) is 0 Å². The first-order valence-corrected chi connectivity index (χ1v) is 13.6. The molecule has 2 aliphatic heterocycles. The molecule has 2 aromatic rings. The van der Waals surface area contributed by atoms with E-state index in [1.807, 2.05) is 13.2 Å². The van der Waals surface area contributed by atoms with E-state index in [1.54, 1.807) is 11.3 Å². The molecule has 1 aromatic carbocycles. The van der Waals surface area contributed by atoms with Crippen molar-refractivity contribution in [3.8, 4) is 0 Å². The van der Waals surface area contributed by atoms with Crippen LogP contribution >= 0.6 is 11.3 Å². The highest BCUT2D eigenvalue weighted by Crippen LogP contribution is 2.46. The van der Waals surface area contributed by atoms with Crippen LogP contribution in [0.1, 0.15) is 55.7 Å². The molecule has 4 N–H and O–H groups in total. The summed E-state index contributed by atoms with van der Waals surface area (Å²) in [5.41, 5.74) is 6.59. The summed E-state index contributed by atoms with van der Waals surface area (Å²) in [7, 11) is 4.20. The SMILES string of the molecule is CCC12CNN(C(C)C)C1NC(c1cccc(CN(C)CCNC)c1)CC2Nc1ncc(C)s1. The molecule has 34 heavy (non-hydrogen) atoms. The van der Waals surface area contributed by atoms with E-state index in [1.165, 1.54) is 16.0 Å². The van der Waals surface area contributed by atoms with Gasteiger partial charge in [0.05, 0.1) is 6.17 Å². The molecule has 4 unspecified atom stereocenters. The van der Waals surface area contributed by atoms with Gasteiger partial charge in [0.1, 0.15) is 0 Å². The minimum Gasteiger partial charge on any atom is -0.358 e. The molecule has 4 rings (SSSR count). The standard InChI is InChI=1S/C26H43N7S/c1-7-26-17-29-33(18(2)3)24(26)30-22(14-23(26)31-25-28-15-19(4)34-25)21-10-8-9-20(13-21)16-32(6)12-11-27-5/h8-10,13,15,18,22-24,27,29-30H,7,11-12,14,16-17H2,1-6H3,(H,28,31). The summed E-state index contributed by atoms with van der Waals surface area (Å²) in [5, 5.41) is 14.7. The molecule has 2 fully saturated rings. The Labute approximate surface area is 209 Å². The molecule has 0 saturated carbocycles. The second kappa shape index (κ2) is 11.0. The van der Waals surface area contributed by atoms with Gasteiger partial charge in [-0.25, -0.2) is 9.99 Å². The fourth-order valence-corrected chi connectivity index (χ4v) is 6.36. The molecule has 0 amide bonds. The first-order valence-electron chi connectivity index (χ1n) is 12.7. The second-order valence-electron chi connectivity index (χ2n) is 10.3. The number of nitrogens with zero attached hydrogens (tertiary/aromatic N) is 3. The Kier molecular flexibility index (Phi) is 8.28. The van der Waals surface area contributed by atoms with Gasteiger partial charge in [0.2, 0.25) is 0 Å². The van der Waals surface area contributed by atoms with Crippen LogP contribution in [-0.4, -0.2) is 66.9 Å². The van der Waals surface area contributed by atoms with E-state index in [-0.39, 0.29) is 17.6 Å². The summed E-state index contributed by atoms with van der Waals surface area (Å²) < 4.78 is 0. The van der Waals surface area contributed by atoms with Crippen molar-refractivity contribution in [1.82, 2.24) is 31.0 Å². The predicted molar refractivity (Wildman–Crippen MR) is 143 cm³/mol. The van der Waals surface area contributed by atoms with Gasteiger partial charge in [-0.3, -0.25) is 10.7 Å². The second-order valence-corrected chi connectivity index (χ2v) is 11.6. The molecular weight excluding hydrogens is 442 g/mol. The summed E-state index contributed by atoms with van der Waals surface area (Å²) in [6.07, 6.45) is 4.38. The molecule has 8 heteroatoms. The van der Waals surface area contributed by atoms with Gasteiger partial charge in [-0.1, -0.05) is 31.2 Å². The lowest BCUT2D eigenvalue weighted by molar-refractivity contribution is 0.0215. The quantitative estimate of drug-likeness (QED) is 0.410. The predicted octanol–water partition coefficient (Wildman–Crippen LogP) is 3.57. The first-order chi connectivity index (χ1) is 16.4. The van der Waals surface area contributed by atoms with E-state index >= 15 is 0 Å². The number of likely N-dealkylation sites (N-methyl/N-ethyl adjacent to an activating group) is 2. The number of hydrogen-bond acceptors (Lipinski definition) is 8. The van der Waals surface area contributed by atoms with Gasteiger partial charge in [-0.05, 0) is 58.8 Å². The molecule has 2 saturated heterocycles. The molecule has 3 heterocycles. The minimum atomic E-state index is 0.103. The van der Waals surface area contributed by atoms with E-state index in [4.69, 9.17) is 0 Å². The number of aromatic nitrogens is 1. The van der Waals surface area contributed by atoms with Gasteiger partial charge in [-0.15, -0.1) is 11.3 Å². The fraction of sp³-hybridized carbons (Fsp3) is 0.654. The van der Waals surface area contributed by atoms with Gasteiger partial charge in [0.15, 0.2) is 5.13 Å². The van der Waals surface area contributed by atoms with Gasteiger partial charge in [-0.2, -0.15) is 0 Å². The van der Waals surface area contributed by atoms with Crippen LogP contribution in [0.4, 0.5) is 5.13 Å². The number of fused-ring (bicyclic) bond motifs is 1. The van der Waals surface area contributed by atoms with Crippen LogP contribution in [0.25, 0.3) is 0 Å². The Morgan fingerprint density at radius 2 is 2.18 bits per heavy atom. The summed E-state index contributed by atoms with van der Waals surface area (Å²) in [4.78, 5) is 8.28. The number of nitrogens with one attached hydrogen (secondary N) is 4. The Hall–Kier alpha value is -1.55. The van der Waals surface area contributed by atoms with E-state index in [0.717, 1.165) is 44.2 Å². The third-order valence-corrected chi connectivity index (χ3v) is 8.46. The Bertz CT molecular complexity index is 931. The van der Waals surface area contributed by atoms with Crippen molar-refractivity contribution in [2.75, 3.05) is 39.0 Å². The fourth-order valence-electron chi connectivity index (χ4n) is 5.65. The number of benzene rings is 1. The van der Waals surface area contributed by atoms with Crippen LogP contribution in [0.3, 0.4) is 0 Å². The zero-order chi connectivity index (χ0) is 24.3. The van der Waals surface area contributed by atoms with E-state index in [0.29, 0.717) is 12.1 Å². The summed E-state index contributed by atoms with van der Waals surface area (Å²) >= 11 is 1.76. The van der Waals surface area contributed by atoms with Crippen molar-refractivity contribution < 1.29 is 0 Å².